The van der Waals surface area contributed by atoms with E-state index in [-0.39, 0.29) is 37.1 Å². The molecule has 3 aromatic rings. The number of amides is 4. The Morgan fingerprint density at radius 3 is 2.36 bits per heavy atom. The van der Waals surface area contributed by atoms with Crippen molar-refractivity contribution >= 4 is 52.3 Å². The van der Waals surface area contributed by atoms with Crippen molar-refractivity contribution in [2.45, 2.75) is 44.7 Å². The number of anilines is 1. The van der Waals surface area contributed by atoms with Gasteiger partial charge in [0.1, 0.15) is 11.8 Å². The first-order chi connectivity index (χ1) is 20.4. The molecule has 1 saturated heterocycles. The lowest BCUT2D eigenvalue weighted by Gasteiger charge is -2.29. The summed E-state index contributed by atoms with van der Waals surface area (Å²) in [4.78, 5) is 51.4. The maximum atomic E-state index is 13.0. The van der Waals surface area contributed by atoms with Crippen LogP contribution in [0, 0.1) is 0 Å². The van der Waals surface area contributed by atoms with Gasteiger partial charge in [0.25, 0.3) is 11.8 Å². The van der Waals surface area contributed by atoms with Crippen molar-refractivity contribution < 1.29 is 23.9 Å². The number of nitrogens with zero attached hydrogens (tertiary/aromatic N) is 3. The van der Waals surface area contributed by atoms with Crippen molar-refractivity contribution in [3.8, 4) is 5.75 Å². The van der Waals surface area contributed by atoms with E-state index in [0.29, 0.717) is 46.2 Å². The van der Waals surface area contributed by atoms with Gasteiger partial charge in [-0.3, -0.25) is 24.5 Å². The molecule has 0 bridgehead atoms. The number of ether oxygens (including phenoxy) is 1. The molecule has 3 aromatic carbocycles. The number of unbranched alkanes of at least 4 members (excludes halogenated alkanes) is 2. The van der Waals surface area contributed by atoms with E-state index >= 15 is 0 Å². The Hall–Kier alpha value is -4.57. The Kier molecular flexibility index (Phi) is 9.23. The first-order valence-electron chi connectivity index (χ1n) is 13.8. The number of nitrogens with one attached hydrogen (secondary N) is 2. The van der Waals surface area contributed by atoms with E-state index < -0.39 is 11.9 Å². The zero-order valence-corrected chi connectivity index (χ0v) is 23.6. The summed E-state index contributed by atoms with van der Waals surface area (Å²) in [6.07, 6.45) is 3.42. The number of azo groups is 1. The Labute approximate surface area is 248 Å². The largest absolute Gasteiger partial charge is 0.494 e. The molecule has 2 N–H and O–H groups in total. The van der Waals surface area contributed by atoms with E-state index in [4.69, 9.17) is 16.3 Å². The molecule has 42 heavy (non-hydrogen) atoms. The highest BCUT2D eigenvalue weighted by molar-refractivity contribution is 6.17. The van der Waals surface area contributed by atoms with Gasteiger partial charge in [-0.25, -0.2) is 0 Å². The van der Waals surface area contributed by atoms with Crippen molar-refractivity contribution in [2.75, 3.05) is 17.8 Å². The third-order valence-electron chi connectivity index (χ3n) is 7.12. The average molecular weight is 588 g/mol. The third-order valence-corrected chi connectivity index (χ3v) is 7.39. The van der Waals surface area contributed by atoms with Crippen molar-refractivity contribution in [1.82, 2.24) is 10.2 Å². The summed E-state index contributed by atoms with van der Waals surface area (Å²) in [7, 11) is 0. The Morgan fingerprint density at radius 2 is 1.67 bits per heavy atom. The summed E-state index contributed by atoms with van der Waals surface area (Å²) in [5.74, 6) is -0.0334. The lowest BCUT2D eigenvalue weighted by molar-refractivity contribution is -0.136. The first-order valence-corrected chi connectivity index (χ1v) is 14.3. The summed E-state index contributed by atoms with van der Waals surface area (Å²) in [6.45, 7) is 0.807. The summed E-state index contributed by atoms with van der Waals surface area (Å²) in [6, 6.07) is 18.4. The molecular weight excluding hydrogens is 558 g/mol. The maximum absolute atomic E-state index is 13.0. The van der Waals surface area contributed by atoms with Gasteiger partial charge < -0.3 is 15.0 Å². The number of rotatable bonds is 11. The van der Waals surface area contributed by atoms with Gasteiger partial charge in [0.15, 0.2) is 0 Å². The highest BCUT2D eigenvalue weighted by Gasteiger charge is 2.40. The molecule has 0 aliphatic carbocycles. The number of piperidine rings is 1. The molecule has 5 rings (SSSR count). The van der Waals surface area contributed by atoms with E-state index in [1.807, 2.05) is 24.3 Å². The standard InChI is InChI=1S/C31H30ClN5O5/c32-17-2-1-3-18-42-23-13-11-22(12-14-23)36-35-21-9-7-20(8-10-21)29(39)33-26-6-4-5-24-25(26)19-37(31(24)41)27-15-16-28(38)34-30(27)40/h4-14,27H,1-3,15-19H2,(H,33,39)(H,34,38,40). The third kappa shape index (κ3) is 6.83. The van der Waals surface area contributed by atoms with Gasteiger partial charge in [-0.15, -0.1) is 11.6 Å². The van der Waals surface area contributed by atoms with Gasteiger partial charge in [0.2, 0.25) is 11.8 Å². The van der Waals surface area contributed by atoms with Crippen LogP contribution in [0.1, 0.15) is 58.4 Å². The number of alkyl halides is 1. The predicted molar refractivity (Wildman–Crippen MR) is 158 cm³/mol. The zero-order chi connectivity index (χ0) is 29.5. The Bertz CT molecular complexity index is 1510. The van der Waals surface area contributed by atoms with E-state index in [0.717, 1.165) is 25.0 Å². The molecule has 1 fully saturated rings. The molecule has 4 amide bonds. The highest BCUT2D eigenvalue weighted by atomic mass is 35.5. The molecule has 2 aliphatic heterocycles. The van der Waals surface area contributed by atoms with E-state index in [2.05, 4.69) is 20.9 Å². The van der Waals surface area contributed by atoms with Crippen LogP contribution in [-0.2, 0) is 16.1 Å². The van der Waals surface area contributed by atoms with E-state index in [9.17, 15) is 19.2 Å². The zero-order valence-electron chi connectivity index (χ0n) is 22.8. The Morgan fingerprint density at radius 1 is 0.952 bits per heavy atom. The van der Waals surface area contributed by atoms with Crippen LogP contribution in [0.2, 0.25) is 0 Å². The second kappa shape index (κ2) is 13.4. The minimum Gasteiger partial charge on any atom is -0.494 e. The minimum atomic E-state index is -0.726. The molecule has 1 atom stereocenters. The number of hydrogen-bond acceptors (Lipinski definition) is 7. The summed E-state index contributed by atoms with van der Waals surface area (Å²) < 4.78 is 5.72. The molecule has 11 heteroatoms. The second-order valence-electron chi connectivity index (χ2n) is 10.0. The molecule has 10 nitrogen and oxygen atoms in total. The molecular formula is C31H30ClN5O5. The predicted octanol–water partition coefficient (Wildman–Crippen LogP) is 5.90. The van der Waals surface area contributed by atoms with Gasteiger partial charge in [-0.1, -0.05) is 6.07 Å². The SMILES string of the molecule is O=C1CCC(N2Cc3c(NC(=O)c4ccc(N=Nc5ccc(OCCCCCCl)cc5)cc4)cccc3C2=O)C(=O)N1. The number of carbonyl (C=O) groups excluding carboxylic acids is 4. The van der Waals surface area contributed by atoms with Crippen LogP contribution in [0.3, 0.4) is 0 Å². The topological polar surface area (TPSA) is 130 Å². The summed E-state index contributed by atoms with van der Waals surface area (Å²) in [5, 5.41) is 13.7. The number of imide groups is 1. The molecule has 2 aliphatic rings. The summed E-state index contributed by atoms with van der Waals surface area (Å²) in [5.41, 5.74) is 3.21. The van der Waals surface area contributed by atoms with Gasteiger partial charge in [-0.2, -0.15) is 10.2 Å². The van der Waals surface area contributed by atoms with Crippen molar-refractivity contribution in [1.29, 1.82) is 0 Å². The van der Waals surface area contributed by atoms with Crippen LogP contribution in [-0.4, -0.2) is 47.1 Å². The van der Waals surface area contributed by atoms with Crippen LogP contribution >= 0.6 is 11.6 Å². The van der Waals surface area contributed by atoms with Crippen LogP contribution in [0.4, 0.5) is 17.1 Å². The fourth-order valence-corrected chi connectivity index (χ4v) is 5.05. The van der Waals surface area contributed by atoms with E-state index in [1.165, 1.54) is 4.90 Å². The van der Waals surface area contributed by atoms with Gasteiger partial charge in [0, 0.05) is 41.2 Å². The smallest absolute Gasteiger partial charge is 0.255 e. The number of hydrogen-bond donors (Lipinski definition) is 2. The molecule has 1 unspecified atom stereocenters. The molecule has 2 heterocycles. The van der Waals surface area contributed by atoms with Crippen molar-refractivity contribution in [3.63, 3.8) is 0 Å². The number of halogens is 1. The normalized spacial score (nSPS) is 16.5. The van der Waals surface area contributed by atoms with Crippen molar-refractivity contribution in [2.24, 2.45) is 10.2 Å². The number of fused-ring (bicyclic) bond motifs is 1. The van der Waals surface area contributed by atoms with Crippen LogP contribution < -0.4 is 15.4 Å². The van der Waals surface area contributed by atoms with Crippen LogP contribution in [0.15, 0.2) is 77.0 Å². The summed E-state index contributed by atoms with van der Waals surface area (Å²) >= 11 is 5.69. The fraction of sp³-hybridized carbons (Fsp3) is 0.290. The quantitative estimate of drug-likeness (QED) is 0.125. The second-order valence-corrected chi connectivity index (χ2v) is 10.4. The van der Waals surface area contributed by atoms with Gasteiger partial charge in [-0.05, 0) is 86.3 Å². The highest BCUT2D eigenvalue weighted by Crippen LogP contribution is 2.32. The molecule has 0 saturated carbocycles. The first kappa shape index (κ1) is 28.9. The average Bonchev–Trinajstić information content (AvgIpc) is 3.33. The fourth-order valence-electron chi connectivity index (χ4n) is 4.86. The maximum Gasteiger partial charge on any atom is 0.255 e. The molecule has 0 spiro atoms. The number of carbonyl (C=O) groups is 4. The molecule has 0 radical (unpaired) electrons. The monoisotopic (exact) mass is 587 g/mol. The van der Waals surface area contributed by atoms with Gasteiger partial charge in [0.05, 0.1) is 18.0 Å². The Balaban J connectivity index is 1.18. The molecule has 0 aromatic heterocycles. The van der Waals surface area contributed by atoms with Crippen LogP contribution in [0.5, 0.6) is 5.75 Å². The van der Waals surface area contributed by atoms with Crippen LogP contribution in [0.25, 0.3) is 0 Å². The van der Waals surface area contributed by atoms with Crippen molar-refractivity contribution in [3.05, 3.63) is 83.4 Å². The lowest BCUT2D eigenvalue weighted by atomic mass is 10.0. The minimum absolute atomic E-state index is 0.165. The van der Waals surface area contributed by atoms with Gasteiger partial charge >= 0.3 is 0 Å². The van der Waals surface area contributed by atoms with E-state index in [1.54, 1.807) is 42.5 Å². The lowest BCUT2D eigenvalue weighted by Crippen LogP contribution is -2.52. The molecule has 216 valence electrons. The number of benzene rings is 3.